The average molecular weight is 245 g/mol. The number of rotatable bonds is 4. The number of benzene rings is 1. The number of halogens is 1. The molecule has 1 aromatic carbocycles. The van der Waals surface area contributed by atoms with Gasteiger partial charge in [0.1, 0.15) is 11.6 Å². The third-order valence-electron chi connectivity index (χ3n) is 2.82. The highest BCUT2D eigenvalue weighted by molar-refractivity contribution is 5.61. The summed E-state index contributed by atoms with van der Waals surface area (Å²) < 4.78 is 18.8. The number of nitrogens with zero attached hydrogens (tertiary/aromatic N) is 1. The van der Waals surface area contributed by atoms with E-state index in [2.05, 4.69) is 11.9 Å². The van der Waals surface area contributed by atoms with Gasteiger partial charge in [-0.15, -0.1) is 0 Å². The van der Waals surface area contributed by atoms with Crippen LogP contribution in [0.4, 0.5) is 4.39 Å². The molecule has 1 aromatic heterocycles. The molecule has 0 atom stereocenters. The van der Waals surface area contributed by atoms with Crippen molar-refractivity contribution in [3.8, 4) is 17.0 Å². The summed E-state index contributed by atoms with van der Waals surface area (Å²) in [5, 5.41) is 0. The number of hydrogen-bond donors (Lipinski definition) is 0. The van der Waals surface area contributed by atoms with Crippen LogP contribution in [0.15, 0.2) is 36.5 Å². The van der Waals surface area contributed by atoms with Crippen molar-refractivity contribution in [3.63, 3.8) is 0 Å². The van der Waals surface area contributed by atoms with Crippen molar-refractivity contribution in [2.75, 3.05) is 7.11 Å². The molecule has 1 heterocycles. The topological polar surface area (TPSA) is 22.1 Å². The maximum absolute atomic E-state index is 13.9. The van der Waals surface area contributed by atoms with Crippen molar-refractivity contribution in [2.45, 2.75) is 19.8 Å². The van der Waals surface area contributed by atoms with Crippen LogP contribution in [0.3, 0.4) is 0 Å². The van der Waals surface area contributed by atoms with E-state index in [-0.39, 0.29) is 5.82 Å². The minimum Gasteiger partial charge on any atom is -0.497 e. The number of ether oxygens (including phenoxy) is 1. The zero-order chi connectivity index (χ0) is 13.0. The maximum atomic E-state index is 13.9. The molecule has 0 bridgehead atoms. The van der Waals surface area contributed by atoms with Gasteiger partial charge in [-0.1, -0.05) is 19.4 Å². The molecule has 0 aliphatic heterocycles. The van der Waals surface area contributed by atoms with E-state index in [0.717, 1.165) is 12.8 Å². The van der Waals surface area contributed by atoms with Crippen LogP contribution in [0, 0.1) is 5.82 Å². The molecule has 0 spiro atoms. The highest BCUT2D eigenvalue weighted by atomic mass is 19.1. The van der Waals surface area contributed by atoms with Crippen LogP contribution in [0.5, 0.6) is 5.75 Å². The smallest absolute Gasteiger partial charge is 0.136 e. The summed E-state index contributed by atoms with van der Waals surface area (Å²) in [7, 11) is 1.52. The van der Waals surface area contributed by atoms with Gasteiger partial charge in [-0.05, 0) is 30.2 Å². The van der Waals surface area contributed by atoms with Gasteiger partial charge in [0.15, 0.2) is 0 Å². The first-order valence-corrected chi connectivity index (χ1v) is 6.03. The predicted octanol–water partition coefficient (Wildman–Crippen LogP) is 3.85. The maximum Gasteiger partial charge on any atom is 0.136 e. The third kappa shape index (κ3) is 2.67. The first-order chi connectivity index (χ1) is 8.74. The van der Waals surface area contributed by atoms with Crippen LogP contribution in [0.25, 0.3) is 11.3 Å². The summed E-state index contributed by atoms with van der Waals surface area (Å²) in [5.41, 5.74) is 2.32. The highest BCUT2D eigenvalue weighted by Gasteiger charge is 2.07. The SMILES string of the molecule is CCCc1ccc(-c2ccc(OC)cc2F)nc1. The van der Waals surface area contributed by atoms with Gasteiger partial charge in [-0.3, -0.25) is 4.98 Å². The molecule has 0 aliphatic rings. The van der Waals surface area contributed by atoms with Crippen LogP contribution >= 0.6 is 0 Å². The second-order valence-electron chi connectivity index (χ2n) is 4.15. The lowest BCUT2D eigenvalue weighted by molar-refractivity contribution is 0.411. The molecule has 18 heavy (non-hydrogen) atoms. The summed E-state index contributed by atoms with van der Waals surface area (Å²) in [4.78, 5) is 4.30. The van der Waals surface area contributed by atoms with Crippen LogP contribution in [0.1, 0.15) is 18.9 Å². The second kappa shape index (κ2) is 5.63. The molecule has 2 nitrogen and oxygen atoms in total. The van der Waals surface area contributed by atoms with Crippen molar-refractivity contribution in [1.82, 2.24) is 4.98 Å². The summed E-state index contributed by atoms with van der Waals surface area (Å²) in [5.74, 6) is 0.198. The number of aryl methyl sites for hydroxylation is 1. The molecule has 2 rings (SSSR count). The molecular weight excluding hydrogens is 229 g/mol. The van der Waals surface area contributed by atoms with Gasteiger partial charge in [0.2, 0.25) is 0 Å². The fourth-order valence-corrected chi connectivity index (χ4v) is 1.85. The summed E-state index contributed by atoms with van der Waals surface area (Å²) >= 11 is 0. The molecule has 0 unspecified atom stereocenters. The van der Waals surface area contributed by atoms with Gasteiger partial charge in [0, 0.05) is 17.8 Å². The Labute approximate surface area is 106 Å². The van der Waals surface area contributed by atoms with Gasteiger partial charge < -0.3 is 4.74 Å². The largest absolute Gasteiger partial charge is 0.497 e. The summed E-state index contributed by atoms with van der Waals surface area (Å²) in [6.07, 6.45) is 3.89. The number of aromatic nitrogens is 1. The standard InChI is InChI=1S/C15H16FNO/c1-3-4-11-5-8-15(17-10-11)13-7-6-12(18-2)9-14(13)16/h5-10H,3-4H2,1-2H3. The molecule has 0 saturated carbocycles. The minimum atomic E-state index is -0.315. The van der Waals surface area contributed by atoms with E-state index in [0.29, 0.717) is 17.0 Å². The van der Waals surface area contributed by atoms with E-state index in [9.17, 15) is 4.39 Å². The van der Waals surface area contributed by atoms with E-state index >= 15 is 0 Å². The van der Waals surface area contributed by atoms with Crippen LogP contribution < -0.4 is 4.74 Å². The van der Waals surface area contributed by atoms with Crippen LogP contribution in [-0.2, 0) is 6.42 Å². The molecular formula is C15H16FNO. The zero-order valence-corrected chi connectivity index (χ0v) is 10.6. The zero-order valence-electron chi connectivity index (χ0n) is 10.6. The molecule has 94 valence electrons. The van der Waals surface area contributed by atoms with Crippen molar-refractivity contribution in [2.24, 2.45) is 0 Å². The molecule has 0 amide bonds. The van der Waals surface area contributed by atoms with E-state index < -0.39 is 0 Å². The minimum absolute atomic E-state index is 0.315. The van der Waals surface area contributed by atoms with Crippen LogP contribution in [-0.4, -0.2) is 12.1 Å². The summed E-state index contributed by atoms with van der Waals surface area (Å²) in [6, 6.07) is 8.65. The molecule has 0 aliphatic carbocycles. The van der Waals surface area contributed by atoms with Crippen molar-refractivity contribution >= 4 is 0 Å². The van der Waals surface area contributed by atoms with E-state index in [1.807, 2.05) is 18.3 Å². The predicted molar refractivity (Wildman–Crippen MR) is 70.2 cm³/mol. The molecule has 3 heteroatoms. The number of pyridine rings is 1. The monoisotopic (exact) mass is 245 g/mol. The second-order valence-corrected chi connectivity index (χ2v) is 4.15. The Morgan fingerprint density at radius 3 is 2.61 bits per heavy atom. The Morgan fingerprint density at radius 1 is 1.22 bits per heavy atom. The summed E-state index contributed by atoms with van der Waals surface area (Å²) in [6.45, 7) is 2.12. The first-order valence-electron chi connectivity index (χ1n) is 6.03. The van der Waals surface area contributed by atoms with Crippen molar-refractivity contribution in [1.29, 1.82) is 0 Å². The molecule has 0 saturated heterocycles. The third-order valence-corrected chi connectivity index (χ3v) is 2.82. The van der Waals surface area contributed by atoms with E-state index in [1.165, 1.54) is 18.7 Å². The van der Waals surface area contributed by atoms with Crippen molar-refractivity contribution in [3.05, 3.63) is 47.9 Å². The molecule has 0 fully saturated rings. The lowest BCUT2D eigenvalue weighted by Crippen LogP contribution is -1.92. The highest BCUT2D eigenvalue weighted by Crippen LogP contribution is 2.24. The van der Waals surface area contributed by atoms with E-state index in [1.54, 1.807) is 12.1 Å². The fraction of sp³-hybridized carbons (Fsp3) is 0.267. The van der Waals surface area contributed by atoms with Gasteiger partial charge in [-0.25, -0.2) is 4.39 Å². The van der Waals surface area contributed by atoms with Gasteiger partial charge in [-0.2, -0.15) is 0 Å². The van der Waals surface area contributed by atoms with Crippen molar-refractivity contribution < 1.29 is 9.13 Å². The quantitative estimate of drug-likeness (QED) is 0.816. The lowest BCUT2D eigenvalue weighted by Gasteiger charge is -2.06. The van der Waals surface area contributed by atoms with Gasteiger partial charge >= 0.3 is 0 Å². The van der Waals surface area contributed by atoms with Gasteiger partial charge in [0.25, 0.3) is 0 Å². The van der Waals surface area contributed by atoms with E-state index in [4.69, 9.17) is 4.74 Å². The first kappa shape index (κ1) is 12.6. The molecule has 0 radical (unpaired) electrons. The Bertz CT molecular complexity index is 523. The van der Waals surface area contributed by atoms with Gasteiger partial charge in [0.05, 0.1) is 12.8 Å². The Hall–Kier alpha value is -1.90. The lowest BCUT2D eigenvalue weighted by atomic mass is 10.1. The average Bonchev–Trinajstić information content (AvgIpc) is 2.40. The normalized spacial score (nSPS) is 10.4. The Balaban J connectivity index is 2.30. The fourth-order valence-electron chi connectivity index (χ4n) is 1.85. The molecule has 0 N–H and O–H groups in total. The number of methoxy groups -OCH3 is 1. The van der Waals surface area contributed by atoms with Crippen LogP contribution in [0.2, 0.25) is 0 Å². The molecule has 2 aromatic rings. The Morgan fingerprint density at radius 2 is 2.06 bits per heavy atom. The number of hydrogen-bond acceptors (Lipinski definition) is 2. The Kier molecular flexibility index (Phi) is 3.92.